The first-order valence-corrected chi connectivity index (χ1v) is 12.6. The molecule has 2 heteroatoms. The fourth-order valence-corrected chi connectivity index (χ4v) is 4.57. The molecule has 0 N–H and O–H groups in total. The van der Waals surface area contributed by atoms with Crippen LogP contribution >= 0.6 is 0 Å². The molecule has 2 aromatic heterocycles. The summed E-state index contributed by atoms with van der Waals surface area (Å²) in [6.45, 7) is 3.38. The average molecular weight is 406 g/mol. The fourth-order valence-electron chi connectivity index (χ4n) is 4.57. The molecule has 0 radical (unpaired) electrons. The molecule has 2 heterocycles. The predicted molar refractivity (Wildman–Crippen MR) is 130 cm³/mol. The molecule has 3 rings (SSSR count). The van der Waals surface area contributed by atoms with Crippen LogP contribution in [0.3, 0.4) is 0 Å². The van der Waals surface area contributed by atoms with E-state index in [4.69, 9.17) is 0 Å². The Balaban J connectivity index is 1.30. The van der Waals surface area contributed by atoms with Crippen molar-refractivity contribution in [3.8, 4) is 0 Å². The first kappa shape index (κ1) is 22.7. The van der Waals surface area contributed by atoms with E-state index in [2.05, 4.69) is 53.0 Å². The topological polar surface area (TPSA) is 16.8 Å². The second-order valence-electron chi connectivity index (χ2n) is 8.88. The molecule has 0 fully saturated rings. The molecule has 0 aliphatic rings. The van der Waals surface area contributed by atoms with Crippen LogP contribution in [-0.2, 0) is 6.54 Å². The van der Waals surface area contributed by atoms with Gasteiger partial charge in [0.2, 0.25) is 5.52 Å². The van der Waals surface area contributed by atoms with Crippen molar-refractivity contribution >= 4 is 21.8 Å². The Labute approximate surface area is 183 Å². The molecule has 0 bridgehead atoms. The van der Waals surface area contributed by atoms with Crippen molar-refractivity contribution in [2.24, 2.45) is 0 Å². The molecule has 162 valence electrons. The molecule has 0 atom stereocenters. The maximum absolute atomic E-state index is 4.67. The molecule has 2 nitrogen and oxygen atoms in total. The minimum Gasteiger partial charge on any atom is -0.249 e. The van der Waals surface area contributed by atoms with Gasteiger partial charge in [0.1, 0.15) is 12.1 Å². The summed E-state index contributed by atoms with van der Waals surface area (Å²) in [6, 6.07) is 13.0. The highest BCUT2D eigenvalue weighted by atomic mass is 15.0. The standard InChI is InChI=1S/C28H41N2/c1-2-3-4-5-6-7-8-9-10-11-12-13-14-15-23-30-24-17-19-26-21-20-25-18-16-22-29-27(25)28(26)30/h16-22,24H,2-15,23H2,1H3/q+1. The summed E-state index contributed by atoms with van der Waals surface area (Å²) in [5, 5.41) is 2.51. The number of benzene rings is 1. The fraction of sp³-hybridized carbons (Fsp3) is 0.571. The second-order valence-corrected chi connectivity index (χ2v) is 8.88. The lowest BCUT2D eigenvalue weighted by Crippen LogP contribution is -2.34. The van der Waals surface area contributed by atoms with Crippen LogP contribution in [0.5, 0.6) is 0 Å². The van der Waals surface area contributed by atoms with E-state index in [0.717, 1.165) is 12.1 Å². The number of pyridine rings is 2. The molecule has 0 amide bonds. The Hall–Kier alpha value is -1.96. The minimum absolute atomic E-state index is 1.09. The number of hydrogen-bond donors (Lipinski definition) is 0. The first-order valence-electron chi connectivity index (χ1n) is 12.6. The van der Waals surface area contributed by atoms with Crippen LogP contribution in [0.2, 0.25) is 0 Å². The highest BCUT2D eigenvalue weighted by Crippen LogP contribution is 2.20. The van der Waals surface area contributed by atoms with E-state index >= 15 is 0 Å². The normalized spacial score (nSPS) is 11.5. The minimum atomic E-state index is 1.09. The molecule has 3 aromatic rings. The van der Waals surface area contributed by atoms with Crippen molar-refractivity contribution in [3.63, 3.8) is 0 Å². The van der Waals surface area contributed by atoms with Gasteiger partial charge < -0.3 is 0 Å². The smallest absolute Gasteiger partial charge is 0.239 e. The van der Waals surface area contributed by atoms with E-state index in [1.54, 1.807) is 0 Å². The van der Waals surface area contributed by atoms with Gasteiger partial charge in [-0.05, 0) is 24.6 Å². The van der Waals surface area contributed by atoms with Crippen LogP contribution in [-0.4, -0.2) is 4.98 Å². The number of rotatable bonds is 15. The lowest BCUT2D eigenvalue weighted by atomic mass is 10.0. The van der Waals surface area contributed by atoms with Crippen LogP contribution in [0.4, 0.5) is 0 Å². The number of nitrogens with zero attached hydrogens (tertiary/aromatic N) is 2. The maximum atomic E-state index is 4.67. The summed E-state index contributed by atoms with van der Waals surface area (Å²) in [5.41, 5.74) is 2.41. The third-order valence-electron chi connectivity index (χ3n) is 6.36. The lowest BCUT2D eigenvalue weighted by molar-refractivity contribution is -0.671. The van der Waals surface area contributed by atoms with Crippen molar-refractivity contribution in [2.75, 3.05) is 0 Å². The summed E-state index contributed by atoms with van der Waals surface area (Å²) in [4.78, 5) is 4.67. The molecule has 0 aliphatic heterocycles. The Bertz CT molecular complexity index is 871. The zero-order chi connectivity index (χ0) is 20.9. The summed E-state index contributed by atoms with van der Waals surface area (Å²) < 4.78 is 2.41. The molecular weight excluding hydrogens is 364 g/mol. The van der Waals surface area contributed by atoms with Crippen LogP contribution < -0.4 is 4.57 Å². The third kappa shape index (κ3) is 7.07. The molecule has 0 saturated carbocycles. The number of hydrogen-bond acceptors (Lipinski definition) is 1. The molecule has 0 unspecified atom stereocenters. The monoisotopic (exact) mass is 405 g/mol. The average Bonchev–Trinajstić information content (AvgIpc) is 2.79. The lowest BCUT2D eigenvalue weighted by Gasteiger charge is -2.05. The number of unbranched alkanes of at least 4 members (excludes halogenated alkanes) is 13. The zero-order valence-electron chi connectivity index (χ0n) is 19.1. The molecular formula is C28H41N2+. The first-order chi connectivity index (χ1) is 14.9. The second kappa shape index (κ2) is 13.4. The third-order valence-corrected chi connectivity index (χ3v) is 6.36. The van der Waals surface area contributed by atoms with Crippen LogP contribution in [0.1, 0.15) is 96.8 Å². The van der Waals surface area contributed by atoms with Crippen molar-refractivity contribution in [2.45, 2.75) is 103 Å². The van der Waals surface area contributed by atoms with Crippen LogP contribution in [0, 0.1) is 0 Å². The van der Waals surface area contributed by atoms with Gasteiger partial charge in [-0.3, -0.25) is 0 Å². The molecule has 0 spiro atoms. The van der Waals surface area contributed by atoms with Gasteiger partial charge in [0.15, 0.2) is 6.20 Å². The van der Waals surface area contributed by atoms with Crippen molar-refractivity contribution in [3.05, 3.63) is 48.8 Å². The molecule has 1 aromatic carbocycles. The van der Waals surface area contributed by atoms with Gasteiger partial charge in [0.05, 0.1) is 0 Å². The van der Waals surface area contributed by atoms with Crippen LogP contribution in [0.15, 0.2) is 48.8 Å². The van der Waals surface area contributed by atoms with Gasteiger partial charge in [-0.2, -0.15) is 4.57 Å². The van der Waals surface area contributed by atoms with Crippen molar-refractivity contribution < 1.29 is 4.57 Å². The van der Waals surface area contributed by atoms with Gasteiger partial charge in [-0.25, -0.2) is 4.98 Å². The number of aryl methyl sites for hydroxylation is 1. The zero-order valence-corrected chi connectivity index (χ0v) is 19.1. The van der Waals surface area contributed by atoms with Crippen molar-refractivity contribution in [1.82, 2.24) is 4.98 Å². The molecule has 0 saturated heterocycles. The number of aromatic nitrogens is 2. The Morgan fingerprint density at radius 3 is 1.87 bits per heavy atom. The van der Waals surface area contributed by atoms with E-state index < -0.39 is 0 Å². The van der Waals surface area contributed by atoms with E-state index in [1.807, 2.05) is 12.3 Å². The van der Waals surface area contributed by atoms with E-state index in [0.29, 0.717) is 0 Å². The Morgan fingerprint density at radius 2 is 1.20 bits per heavy atom. The van der Waals surface area contributed by atoms with Gasteiger partial charge in [0.25, 0.3) is 0 Å². The molecule has 30 heavy (non-hydrogen) atoms. The summed E-state index contributed by atoms with van der Waals surface area (Å²) >= 11 is 0. The predicted octanol–water partition coefficient (Wildman–Crippen LogP) is 8.16. The van der Waals surface area contributed by atoms with Gasteiger partial charge >= 0.3 is 0 Å². The van der Waals surface area contributed by atoms with Crippen molar-refractivity contribution in [1.29, 1.82) is 0 Å². The quantitative estimate of drug-likeness (QED) is 0.142. The Morgan fingerprint density at radius 1 is 0.633 bits per heavy atom. The SMILES string of the molecule is CCCCCCCCCCCCCCCC[n+]1cccc2ccc3cccnc3c21. The van der Waals surface area contributed by atoms with E-state index in [-0.39, 0.29) is 0 Å². The highest BCUT2D eigenvalue weighted by molar-refractivity contribution is 6.00. The van der Waals surface area contributed by atoms with E-state index in [9.17, 15) is 0 Å². The molecule has 0 aliphatic carbocycles. The summed E-state index contributed by atoms with van der Waals surface area (Å²) in [5.74, 6) is 0. The summed E-state index contributed by atoms with van der Waals surface area (Å²) in [6.07, 6.45) is 23.8. The van der Waals surface area contributed by atoms with Crippen LogP contribution in [0.25, 0.3) is 21.8 Å². The van der Waals surface area contributed by atoms with Gasteiger partial charge in [-0.15, -0.1) is 0 Å². The van der Waals surface area contributed by atoms with E-state index in [1.165, 1.54) is 106 Å². The Kier molecular flexibility index (Phi) is 10.1. The van der Waals surface area contributed by atoms with Gasteiger partial charge in [-0.1, -0.05) is 96.1 Å². The van der Waals surface area contributed by atoms with Gasteiger partial charge in [0, 0.05) is 29.5 Å². The highest BCUT2D eigenvalue weighted by Gasteiger charge is 2.13. The summed E-state index contributed by atoms with van der Waals surface area (Å²) in [7, 11) is 0. The maximum Gasteiger partial charge on any atom is 0.239 e. The number of fused-ring (bicyclic) bond motifs is 3. The largest absolute Gasteiger partial charge is 0.249 e.